The number of para-hydroxylation sites is 2. The first-order valence-electron chi connectivity index (χ1n) is 18.9. The fourth-order valence-corrected chi connectivity index (χ4v) is 10.8. The van der Waals surface area contributed by atoms with Gasteiger partial charge in [0.05, 0.1) is 22.1 Å². The fraction of sp³-hybridized carbons (Fsp3) is 0. The van der Waals surface area contributed by atoms with E-state index in [0.717, 1.165) is 0 Å². The van der Waals surface area contributed by atoms with Crippen LogP contribution in [-0.2, 0) is 0 Å². The van der Waals surface area contributed by atoms with Crippen LogP contribution in [0, 0.1) is 0 Å². The molecule has 3 heteroatoms. The largest absolute Gasteiger partial charge is 0.309 e. The van der Waals surface area contributed by atoms with Crippen molar-refractivity contribution in [3.63, 3.8) is 0 Å². The van der Waals surface area contributed by atoms with Gasteiger partial charge < -0.3 is 9.13 Å². The van der Waals surface area contributed by atoms with E-state index in [-0.39, 0.29) is 0 Å². The quantitative estimate of drug-likeness (QED) is 0.172. The summed E-state index contributed by atoms with van der Waals surface area (Å²) in [7, 11) is 0. The molecule has 0 spiro atoms. The maximum atomic E-state index is 2.47. The van der Waals surface area contributed by atoms with Crippen LogP contribution in [0.3, 0.4) is 0 Å². The predicted octanol–water partition coefficient (Wildman–Crippen LogP) is 14.7. The molecule has 254 valence electrons. The van der Waals surface area contributed by atoms with Gasteiger partial charge in [0.15, 0.2) is 0 Å². The molecular weight excluding hydrogens is 685 g/mol. The lowest BCUT2D eigenvalue weighted by Crippen LogP contribution is -1.95. The Labute approximate surface area is 320 Å². The monoisotopic (exact) mass is 714 g/mol. The van der Waals surface area contributed by atoms with Gasteiger partial charge in [0.1, 0.15) is 0 Å². The number of thiophene rings is 1. The smallest absolute Gasteiger partial charge is 0.0547 e. The molecule has 0 radical (unpaired) electrons. The highest BCUT2D eigenvalue weighted by atomic mass is 32.1. The van der Waals surface area contributed by atoms with Gasteiger partial charge in [-0.3, -0.25) is 0 Å². The molecule has 3 aromatic heterocycles. The Balaban J connectivity index is 0.968. The van der Waals surface area contributed by atoms with Gasteiger partial charge in [0.25, 0.3) is 0 Å². The summed E-state index contributed by atoms with van der Waals surface area (Å²) in [6, 6.07) is 67.6. The first-order chi connectivity index (χ1) is 27.3. The molecule has 9 aromatic carbocycles. The minimum Gasteiger partial charge on any atom is -0.309 e. The number of hydrogen-bond acceptors (Lipinski definition) is 1. The molecule has 0 saturated carbocycles. The Hall–Kier alpha value is -6.94. The maximum Gasteiger partial charge on any atom is 0.0547 e. The topological polar surface area (TPSA) is 9.86 Å². The van der Waals surface area contributed by atoms with Gasteiger partial charge in [-0.1, -0.05) is 115 Å². The Kier molecular flexibility index (Phi) is 5.80. The predicted molar refractivity (Wildman–Crippen MR) is 235 cm³/mol. The van der Waals surface area contributed by atoms with Crippen molar-refractivity contribution in [2.24, 2.45) is 0 Å². The van der Waals surface area contributed by atoms with Crippen LogP contribution in [0.1, 0.15) is 0 Å². The molecule has 0 atom stereocenters. The van der Waals surface area contributed by atoms with Crippen molar-refractivity contribution in [2.75, 3.05) is 0 Å². The van der Waals surface area contributed by atoms with Crippen molar-refractivity contribution >= 4 is 85.9 Å². The molecule has 2 nitrogen and oxygen atoms in total. The lowest BCUT2D eigenvalue weighted by Gasteiger charge is -2.14. The van der Waals surface area contributed by atoms with Gasteiger partial charge >= 0.3 is 0 Å². The highest BCUT2D eigenvalue weighted by Gasteiger charge is 2.26. The number of hydrogen-bond donors (Lipinski definition) is 0. The Morgan fingerprint density at radius 1 is 0.309 bits per heavy atom. The van der Waals surface area contributed by atoms with Crippen LogP contribution in [0.25, 0.3) is 119 Å². The third-order valence-corrected chi connectivity index (χ3v) is 13.2. The number of fused-ring (bicyclic) bond motifs is 9. The average Bonchev–Trinajstić information content (AvgIpc) is 3.88. The van der Waals surface area contributed by atoms with Crippen LogP contribution in [0.15, 0.2) is 182 Å². The lowest BCUT2D eigenvalue weighted by atomic mass is 9.92. The highest BCUT2D eigenvalue weighted by molar-refractivity contribution is 7.25. The molecule has 0 bridgehead atoms. The zero-order chi connectivity index (χ0) is 35.8. The Bertz CT molecular complexity index is 3520. The molecule has 0 aliphatic heterocycles. The molecule has 1 aliphatic carbocycles. The first-order valence-corrected chi connectivity index (χ1v) is 19.7. The van der Waals surface area contributed by atoms with E-state index in [4.69, 9.17) is 0 Å². The molecule has 3 heterocycles. The van der Waals surface area contributed by atoms with Gasteiger partial charge in [0, 0.05) is 53.1 Å². The summed E-state index contributed by atoms with van der Waals surface area (Å²) in [5, 5.41) is 10.5. The molecule has 12 aromatic rings. The number of aromatic nitrogens is 2. The lowest BCUT2D eigenvalue weighted by molar-refractivity contribution is 1.18. The fourth-order valence-electron chi connectivity index (χ4n) is 9.68. The minimum atomic E-state index is 1.17. The van der Waals surface area contributed by atoms with Crippen LogP contribution in [0.2, 0.25) is 0 Å². The van der Waals surface area contributed by atoms with E-state index >= 15 is 0 Å². The molecule has 13 rings (SSSR count). The van der Waals surface area contributed by atoms with Crippen LogP contribution in [0.4, 0.5) is 0 Å². The molecule has 1 aliphatic rings. The minimum absolute atomic E-state index is 1.17. The van der Waals surface area contributed by atoms with E-state index in [0.29, 0.717) is 0 Å². The van der Waals surface area contributed by atoms with Crippen LogP contribution in [0.5, 0.6) is 0 Å². The van der Waals surface area contributed by atoms with E-state index in [1.165, 1.54) is 119 Å². The zero-order valence-corrected chi connectivity index (χ0v) is 30.4. The van der Waals surface area contributed by atoms with Crippen LogP contribution < -0.4 is 0 Å². The highest BCUT2D eigenvalue weighted by Crippen LogP contribution is 2.51. The summed E-state index contributed by atoms with van der Waals surface area (Å²) in [6.07, 6.45) is 0. The summed E-state index contributed by atoms with van der Waals surface area (Å²) in [5.41, 5.74) is 14.9. The van der Waals surface area contributed by atoms with Gasteiger partial charge in [-0.05, 0) is 111 Å². The van der Waals surface area contributed by atoms with Crippen molar-refractivity contribution < 1.29 is 0 Å². The standard InChI is InChI=1S/C52H30N2S/c1-4-15-44-36(10-1)37-11-2-5-16-45(37)53(44)34-24-19-31(20-25-34)32-21-26-35(27-22-32)54-46-17-8-14-40-42-30-49-43(38-12-3-6-18-48(38)55-49)29-41(42)39-13-7-9-33-23-28-47(54)52(50(33)39)51(40)46/h1-30H. The van der Waals surface area contributed by atoms with Crippen molar-refractivity contribution in [3.05, 3.63) is 182 Å². The van der Waals surface area contributed by atoms with Gasteiger partial charge in [-0.25, -0.2) is 0 Å². The number of benzene rings is 9. The van der Waals surface area contributed by atoms with Crippen molar-refractivity contribution in [1.29, 1.82) is 0 Å². The van der Waals surface area contributed by atoms with Gasteiger partial charge in [0.2, 0.25) is 0 Å². The Morgan fingerprint density at radius 3 is 1.56 bits per heavy atom. The summed E-state index contributed by atoms with van der Waals surface area (Å²) in [4.78, 5) is 0. The second kappa shape index (κ2) is 10.8. The normalized spacial score (nSPS) is 12.4. The average molecular weight is 715 g/mol. The van der Waals surface area contributed by atoms with Crippen molar-refractivity contribution in [3.8, 4) is 44.8 Å². The molecule has 0 unspecified atom stereocenters. The first kappa shape index (κ1) is 29.5. The van der Waals surface area contributed by atoms with E-state index < -0.39 is 0 Å². The Morgan fingerprint density at radius 2 is 0.855 bits per heavy atom. The SMILES string of the molecule is c1cc2c3c(c1)ccc1c3c3c(cccc3n1-c1ccc(-c3ccc(-n4c5ccccc5c5ccccc54)cc3)cc1)-c1cc3sc4ccccc4c3cc1-2. The summed E-state index contributed by atoms with van der Waals surface area (Å²) in [6.45, 7) is 0. The summed E-state index contributed by atoms with van der Waals surface area (Å²) < 4.78 is 7.53. The molecule has 55 heavy (non-hydrogen) atoms. The summed E-state index contributed by atoms with van der Waals surface area (Å²) >= 11 is 1.90. The molecular formula is C52H30N2S. The third kappa shape index (κ3) is 3.97. The third-order valence-electron chi connectivity index (χ3n) is 12.1. The summed E-state index contributed by atoms with van der Waals surface area (Å²) in [5.74, 6) is 0. The molecule has 0 fully saturated rings. The molecule has 0 N–H and O–H groups in total. The van der Waals surface area contributed by atoms with Crippen molar-refractivity contribution in [2.45, 2.75) is 0 Å². The number of nitrogens with zero attached hydrogens (tertiary/aromatic N) is 2. The van der Waals surface area contributed by atoms with E-state index in [2.05, 4.69) is 191 Å². The van der Waals surface area contributed by atoms with Crippen LogP contribution in [-0.4, -0.2) is 9.13 Å². The van der Waals surface area contributed by atoms with Gasteiger partial charge in [-0.15, -0.1) is 11.3 Å². The van der Waals surface area contributed by atoms with E-state index in [1.807, 2.05) is 11.3 Å². The molecule has 0 saturated heterocycles. The number of rotatable bonds is 3. The van der Waals surface area contributed by atoms with E-state index in [9.17, 15) is 0 Å². The van der Waals surface area contributed by atoms with Gasteiger partial charge in [-0.2, -0.15) is 0 Å². The van der Waals surface area contributed by atoms with E-state index in [1.54, 1.807) is 0 Å². The second-order valence-electron chi connectivity index (χ2n) is 14.9. The van der Waals surface area contributed by atoms with Crippen molar-refractivity contribution in [1.82, 2.24) is 9.13 Å². The van der Waals surface area contributed by atoms with Crippen LogP contribution >= 0.6 is 11.3 Å². The zero-order valence-electron chi connectivity index (χ0n) is 29.6. The molecule has 0 amide bonds. The maximum absolute atomic E-state index is 2.47. The second-order valence-corrected chi connectivity index (χ2v) is 15.9.